The van der Waals surface area contributed by atoms with Crippen molar-refractivity contribution in [2.75, 3.05) is 25.0 Å². The molecule has 1 atom stereocenters. The summed E-state index contributed by atoms with van der Waals surface area (Å²) >= 11 is 0. The Morgan fingerprint density at radius 1 is 1.35 bits per heavy atom. The Labute approximate surface area is 118 Å². The normalized spacial score (nSPS) is 21.6. The minimum absolute atomic E-state index is 0.0108. The molecule has 0 spiro atoms. The summed E-state index contributed by atoms with van der Waals surface area (Å²) in [5.41, 5.74) is 2.67. The third-order valence-electron chi connectivity index (χ3n) is 4.13. The van der Waals surface area contributed by atoms with Crippen LogP contribution in [-0.2, 0) is 11.2 Å². The van der Waals surface area contributed by atoms with Crippen molar-refractivity contribution in [1.29, 1.82) is 0 Å². The lowest BCUT2D eigenvalue weighted by atomic mass is 10.0. The van der Waals surface area contributed by atoms with Gasteiger partial charge in [-0.15, -0.1) is 0 Å². The Bertz CT molecular complexity index is 510. The zero-order chi connectivity index (χ0) is 14.1. The Balaban J connectivity index is 1.64. The molecule has 2 heterocycles. The molecular formula is C15H20N2O3. The van der Waals surface area contributed by atoms with Gasteiger partial charge in [0.15, 0.2) is 0 Å². The molecule has 2 aliphatic rings. The highest BCUT2D eigenvalue weighted by Gasteiger charge is 2.22. The summed E-state index contributed by atoms with van der Waals surface area (Å²) in [4.78, 5) is 13.5. The first kappa shape index (κ1) is 13.5. The number of aliphatic hydroxyl groups is 2. The van der Waals surface area contributed by atoms with Crippen molar-refractivity contribution in [2.45, 2.75) is 31.5 Å². The molecule has 1 unspecified atom stereocenters. The fraction of sp³-hybridized carbons (Fsp3) is 0.533. The fourth-order valence-electron chi connectivity index (χ4n) is 2.91. The standard InChI is InChI=1S/C15H20N2O3/c18-12-3-5-17(6-4-12)9-14(19)10-1-2-13-11(7-10)8-15(20)16-13/h1-2,7,12,14,18-19H,3-6,8-9H2,(H,16,20). The lowest BCUT2D eigenvalue weighted by Gasteiger charge is -2.31. The number of anilines is 1. The minimum atomic E-state index is -0.550. The van der Waals surface area contributed by atoms with E-state index in [1.165, 1.54) is 0 Å². The molecule has 1 aromatic rings. The van der Waals surface area contributed by atoms with E-state index in [0.717, 1.165) is 42.7 Å². The molecule has 3 rings (SSSR count). The smallest absolute Gasteiger partial charge is 0.228 e. The summed E-state index contributed by atoms with van der Waals surface area (Å²) in [6.45, 7) is 2.22. The Hall–Kier alpha value is -1.43. The van der Waals surface area contributed by atoms with E-state index in [1.54, 1.807) is 0 Å². The van der Waals surface area contributed by atoms with Crippen LogP contribution in [0.1, 0.15) is 30.1 Å². The zero-order valence-electron chi connectivity index (χ0n) is 11.4. The van der Waals surface area contributed by atoms with Gasteiger partial charge in [-0.05, 0) is 30.0 Å². The van der Waals surface area contributed by atoms with Crippen LogP contribution in [0.15, 0.2) is 18.2 Å². The zero-order valence-corrected chi connectivity index (χ0v) is 11.4. The van der Waals surface area contributed by atoms with Crippen LogP contribution >= 0.6 is 0 Å². The maximum atomic E-state index is 11.3. The summed E-state index contributed by atoms with van der Waals surface area (Å²) in [6, 6.07) is 5.64. The fourth-order valence-corrected chi connectivity index (χ4v) is 2.91. The lowest BCUT2D eigenvalue weighted by Crippen LogP contribution is -2.38. The summed E-state index contributed by atoms with van der Waals surface area (Å²) in [6.07, 6.45) is 1.20. The van der Waals surface area contributed by atoms with Crippen molar-refractivity contribution in [3.8, 4) is 0 Å². The lowest BCUT2D eigenvalue weighted by molar-refractivity contribution is -0.115. The maximum Gasteiger partial charge on any atom is 0.228 e. The van der Waals surface area contributed by atoms with Gasteiger partial charge in [-0.3, -0.25) is 4.79 Å². The first-order chi connectivity index (χ1) is 9.61. The highest BCUT2D eigenvalue weighted by molar-refractivity contribution is 5.99. The summed E-state index contributed by atoms with van der Waals surface area (Å²) in [5.74, 6) is 0.0108. The van der Waals surface area contributed by atoms with Crippen LogP contribution in [0.5, 0.6) is 0 Å². The highest BCUT2D eigenvalue weighted by atomic mass is 16.3. The van der Waals surface area contributed by atoms with Crippen LogP contribution in [0.2, 0.25) is 0 Å². The number of hydrogen-bond acceptors (Lipinski definition) is 4. The van der Waals surface area contributed by atoms with Crippen molar-refractivity contribution >= 4 is 11.6 Å². The summed E-state index contributed by atoms with van der Waals surface area (Å²) < 4.78 is 0. The molecule has 0 aromatic heterocycles. The second kappa shape index (κ2) is 5.52. The number of aliphatic hydroxyl groups excluding tert-OH is 2. The quantitative estimate of drug-likeness (QED) is 0.759. The number of amides is 1. The van der Waals surface area contributed by atoms with Crippen molar-refractivity contribution in [2.24, 2.45) is 0 Å². The highest BCUT2D eigenvalue weighted by Crippen LogP contribution is 2.27. The van der Waals surface area contributed by atoms with Gasteiger partial charge in [-0.2, -0.15) is 0 Å². The predicted octanol–water partition coefficient (Wildman–Crippen LogP) is 0.671. The predicted molar refractivity (Wildman–Crippen MR) is 75.4 cm³/mol. The second-order valence-electron chi connectivity index (χ2n) is 5.69. The van der Waals surface area contributed by atoms with Gasteiger partial charge in [0.1, 0.15) is 0 Å². The number of nitrogens with zero attached hydrogens (tertiary/aromatic N) is 1. The van der Waals surface area contributed by atoms with Crippen LogP contribution in [-0.4, -0.2) is 46.8 Å². The number of fused-ring (bicyclic) bond motifs is 1. The van der Waals surface area contributed by atoms with Crippen LogP contribution < -0.4 is 5.32 Å². The van der Waals surface area contributed by atoms with Crippen LogP contribution in [0.25, 0.3) is 0 Å². The van der Waals surface area contributed by atoms with Crippen LogP contribution in [0, 0.1) is 0 Å². The van der Waals surface area contributed by atoms with Gasteiger partial charge < -0.3 is 20.4 Å². The number of nitrogens with one attached hydrogen (secondary N) is 1. The molecule has 1 fully saturated rings. The van der Waals surface area contributed by atoms with Crippen molar-refractivity contribution in [3.63, 3.8) is 0 Å². The van der Waals surface area contributed by atoms with Gasteiger partial charge in [-0.1, -0.05) is 12.1 Å². The molecule has 2 aliphatic heterocycles. The third-order valence-corrected chi connectivity index (χ3v) is 4.13. The molecule has 5 heteroatoms. The molecule has 0 aliphatic carbocycles. The van der Waals surface area contributed by atoms with Gasteiger partial charge in [0.05, 0.1) is 18.6 Å². The number of carbonyl (C=O) groups excluding carboxylic acids is 1. The molecule has 0 saturated carbocycles. The molecule has 1 amide bonds. The Morgan fingerprint density at radius 3 is 2.85 bits per heavy atom. The summed E-state index contributed by atoms with van der Waals surface area (Å²) in [5, 5.41) is 22.6. The molecule has 5 nitrogen and oxygen atoms in total. The monoisotopic (exact) mass is 276 g/mol. The van der Waals surface area contributed by atoms with Gasteiger partial charge >= 0.3 is 0 Å². The number of benzene rings is 1. The third kappa shape index (κ3) is 2.85. The van der Waals surface area contributed by atoms with Gasteiger partial charge in [-0.25, -0.2) is 0 Å². The second-order valence-corrected chi connectivity index (χ2v) is 5.69. The van der Waals surface area contributed by atoms with Crippen molar-refractivity contribution in [1.82, 2.24) is 4.90 Å². The minimum Gasteiger partial charge on any atom is -0.393 e. The number of carbonyl (C=O) groups is 1. The van der Waals surface area contributed by atoms with Crippen molar-refractivity contribution in [3.05, 3.63) is 29.3 Å². The molecule has 0 bridgehead atoms. The van der Waals surface area contributed by atoms with E-state index >= 15 is 0 Å². The largest absolute Gasteiger partial charge is 0.393 e. The molecule has 0 radical (unpaired) electrons. The Kier molecular flexibility index (Phi) is 3.74. The first-order valence-corrected chi connectivity index (χ1v) is 7.13. The number of rotatable bonds is 3. The molecule has 1 saturated heterocycles. The number of β-amino-alcohol motifs (C(OH)–C–C–N with tert-alkyl or cyclic N) is 1. The average molecular weight is 276 g/mol. The number of hydrogen-bond donors (Lipinski definition) is 3. The van der Waals surface area contributed by atoms with Gasteiger partial charge in [0.25, 0.3) is 0 Å². The topological polar surface area (TPSA) is 72.8 Å². The maximum absolute atomic E-state index is 11.3. The van der Waals surface area contributed by atoms with Gasteiger partial charge in [0.2, 0.25) is 5.91 Å². The van der Waals surface area contributed by atoms with E-state index in [0.29, 0.717) is 13.0 Å². The number of likely N-dealkylation sites (tertiary alicyclic amines) is 1. The molecular weight excluding hydrogens is 256 g/mol. The number of piperidine rings is 1. The SMILES string of the molecule is O=C1Cc2cc(C(O)CN3CCC(O)CC3)ccc2N1. The van der Waals surface area contributed by atoms with E-state index in [2.05, 4.69) is 10.2 Å². The van der Waals surface area contributed by atoms with E-state index in [9.17, 15) is 15.0 Å². The average Bonchev–Trinajstić information content (AvgIpc) is 2.80. The molecule has 20 heavy (non-hydrogen) atoms. The van der Waals surface area contributed by atoms with E-state index in [4.69, 9.17) is 0 Å². The molecule has 3 N–H and O–H groups in total. The van der Waals surface area contributed by atoms with E-state index in [-0.39, 0.29) is 12.0 Å². The summed E-state index contributed by atoms with van der Waals surface area (Å²) in [7, 11) is 0. The van der Waals surface area contributed by atoms with Gasteiger partial charge in [0, 0.05) is 25.3 Å². The Morgan fingerprint density at radius 2 is 2.10 bits per heavy atom. The van der Waals surface area contributed by atoms with Crippen molar-refractivity contribution < 1.29 is 15.0 Å². The first-order valence-electron chi connectivity index (χ1n) is 7.13. The van der Waals surface area contributed by atoms with E-state index in [1.807, 2.05) is 18.2 Å². The van der Waals surface area contributed by atoms with E-state index < -0.39 is 6.10 Å². The molecule has 1 aromatic carbocycles. The van der Waals surface area contributed by atoms with Crippen LogP contribution in [0.3, 0.4) is 0 Å². The molecule has 108 valence electrons. The van der Waals surface area contributed by atoms with Crippen LogP contribution in [0.4, 0.5) is 5.69 Å².